The van der Waals surface area contributed by atoms with Gasteiger partial charge in [-0.25, -0.2) is 9.59 Å². The highest BCUT2D eigenvalue weighted by atomic mass is 16.6. The minimum absolute atomic E-state index is 0.0115. The van der Waals surface area contributed by atoms with Crippen molar-refractivity contribution in [3.63, 3.8) is 0 Å². The third kappa shape index (κ3) is 11.4. The number of hydrogen-bond donors (Lipinski definition) is 3. The summed E-state index contributed by atoms with van der Waals surface area (Å²) in [5.41, 5.74) is 4.95. The monoisotopic (exact) mass is 575 g/mol. The highest BCUT2D eigenvalue weighted by Gasteiger charge is 2.08. The molecule has 2 amide bonds. The van der Waals surface area contributed by atoms with Gasteiger partial charge in [-0.15, -0.1) is 0 Å². The highest BCUT2D eigenvalue weighted by molar-refractivity contribution is 5.85. The SMILES string of the molecule is CNc1ccc(COC(=O)Nc2ccc(COC(=O)Nc3ccc(C=C(COC(C)=O)COC(C)=O)cc3)cc2)cc1. The van der Waals surface area contributed by atoms with Gasteiger partial charge < -0.3 is 24.3 Å². The van der Waals surface area contributed by atoms with Crippen molar-refractivity contribution >= 4 is 47.3 Å². The van der Waals surface area contributed by atoms with E-state index in [1.165, 1.54) is 13.8 Å². The van der Waals surface area contributed by atoms with Gasteiger partial charge in [-0.3, -0.25) is 20.2 Å². The lowest BCUT2D eigenvalue weighted by atomic mass is 10.1. The van der Waals surface area contributed by atoms with Crippen LogP contribution in [0.25, 0.3) is 6.08 Å². The molecule has 0 aliphatic rings. The molecule has 0 bridgehead atoms. The second-order valence-electron chi connectivity index (χ2n) is 9.03. The average molecular weight is 576 g/mol. The molecule has 3 N–H and O–H groups in total. The fourth-order valence-corrected chi connectivity index (χ4v) is 3.47. The molecule has 3 aromatic rings. The van der Waals surface area contributed by atoms with Crippen LogP contribution in [0, 0.1) is 0 Å². The largest absolute Gasteiger partial charge is 0.461 e. The second-order valence-corrected chi connectivity index (χ2v) is 9.03. The number of esters is 2. The number of carbonyl (C=O) groups is 4. The van der Waals surface area contributed by atoms with Crippen LogP contribution in [0.15, 0.2) is 78.4 Å². The maximum Gasteiger partial charge on any atom is 0.411 e. The molecule has 0 radical (unpaired) electrons. The molecule has 0 aliphatic heterocycles. The molecule has 0 saturated heterocycles. The van der Waals surface area contributed by atoms with Crippen molar-refractivity contribution < 1.29 is 38.1 Å². The molecule has 220 valence electrons. The normalized spacial score (nSPS) is 10.1. The first-order valence-corrected chi connectivity index (χ1v) is 13.0. The van der Waals surface area contributed by atoms with Crippen molar-refractivity contribution in [3.8, 4) is 0 Å². The van der Waals surface area contributed by atoms with E-state index in [2.05, 4.69) is 16.0 Å². The summed E-state index contributed by atoms with van der Waals surface area (Å²) < 4.78 is 20.5. The Labute approximate surface area is 243 Å². The highest BCUT2D eigenvalue weighted by Crippen LogP contribution is 2.16. The van der Waals surface area contributed by atoms with Crippen LogP contribution in [0.4, 0.5) is 26.7 Å². The van der Waals surface area contributed by atoms with Crippen molar-refractivity contribution in [2.24, 2.45) is 0 Å². The quantitative estimate of drug-likeness (QED) is 0.182. The van der Waals surface area contributed by atoms with Gasteiger partial charge >= 0.3 is 24.1 Å². The molecule has 3 aromatic carbocycles. The van der Waals surface area contributed by atoms with Crippen molar-refractivity contribution in [1.29, 1.82) is 0 Å². The summed E-state index contributed by atoms with van der Waals surface area (Å²) in [6, 6.07) is 21.2. The molecular weight excluding hydrogens is 542 g/mol. The summed E-state index contributed by atoms with van der Waals surface area (Å²) in [5, 5.41) is 8.33. The van der Waals surface area contributed by atoms with Gasteiger partial charge in [0, 0.05) is 43.5 Å². The van der Waals surface area contributed by atoms with Crippen LogP contribution in [0.3, 0.4) is 0 Å². The first-order valence-electron chi connectivity index (χ1n) is 13.0. The lowest BCUT2D eigenvalue weighted by molar-refractivity contribution is -0.141. The number of hydrogen-bond acceptors (Lipinski definition) is 9. The molecule has 0 aliphatic carbocycles. The summed E-state index contributed by atoms with van der Waals surface area (Å²) >= 11 is 0. The third-order valence-corrected chi connectivity index (χ3v) is 5.63. The Bertz CT molecular complexity index is 1370. The molecule has 0 unspecified atom stereocenters. The smallest absolute Gasteiger partial charge is 0.411 e. The predicted molar refractivity (Wildman–Crippen MR) is 158 cm³/mol. The zero-order valence-electron chi connectivity index (χ0n) is 23.6. The van der Waals surface area contributed by atoms with Crippen LogP contribution >= 0.6 is 0 Å². The third-order valence-electron chi connectivity index (χ3n) is 5.63. The van der Waals surface area contributed by atoms with E-state index in [0.29, 0.717) is 16.9 Å². The summed E-state index contributed by atoms with van der Waals surface area (Å²) in [6.45, 7) is 2.73. The van der Waals surface area contributed by atoms with Gasteiger partial charge in [0.1, 0.15) is 26.4 Å². The molecular formula is C31H33N3O8. The Balaban J connectivity index is 1.43. The summed E-state index contributed by atoms with van der Waals surface area (Å²) in [7, 11) is 1.83. The second kappa shape index (κ2) is 16.1. The van der Waals surface area contributed by atoms with E-state index in [9.17, 15) is 19.2 Å². The Morgan fingerprint density at radius 3 is 1.40 bits per heavy atom. The van der Waals surface area contributed by atoms with Crippen molar-refractivity contribution in [2.75, 3.05) is 36.2 Å². The van der Waals surface area contributed by atoms with E-state index in [1.54, 1.807) is 54.6 Å². The summed E-state index contributed by atoms with van der Waals surface area (Å²) in [5.74, 6) is -0.894. The molecule has 0 aromatic heterocycles. The van der Waals surface area contributed by atoms with E-state index in [0.717, 1.165) is 22.4 Å². The number of benzene rings is 3. The number of ether oxygens (including phenoxy) is 4. The molecule has 11 nitrogen and oxygen atoms in total. The number of nitrogens with one attached hydrogen (secondary N) is 3. The van der Waals surface area contributed by atoms with E-state index in [1.807, 2.05) is 31.3 Å². The molecule has 42 heavy (non-hydrogen) atoms. The van der Waals surface area contributed by atoms with E-state index >= 15 is 0 Å². The fraction of sp³-hybridized carbons (Fsp3) is 0.226. The molecule has 0 spiro atoms. The van der Waals surface area contributed by atoms with Crippen molar-refractivity contribution in [1.82, 2.24) is 0 Å². The minimum atomic E-state index is -0.641. The average Bonchev–Trinajstić information content (AvgIpc) is 2.98. The van der Waals surface area contributed by atoms with Crippen LogP contribution in [-0.2, 0) is 41.8 Å². The van der Waals surface area contributed by atoms with E-state index < -0.39 is 24.1 Å². The Hall–Kier alpha value is -5.32. The van der Waals surface area contributed by atoms with Crippen LogP contribution in [0.1, 0.15) is 30.5 Å². The molecule has 3 rings (SSSR count). The van der Waals surface area contributed by atoms with E-state index in [-0.39, 0.29) is 26.4 Å². The van der Waals surface area contributed by atoms with Gasteiger partial charge in [0.25, 0.3) is 0 Å². The zero-order chi connectivity index (χ0) is 30.3. The topological polar surface area (TPSA) is 141 Å². The van der Waals surface area contributed by atoms with Gasteiger partial charge in [-0.1, -0.05) is 36.4 Å². The van der Waals surface area contributed by atoms with Gasteiger partial charge in [-0.2, -0.15) is 0 Å². The Morgan fingerprint density at radius 1 is 0.595 bits per heavy atom. The van der Waals surface area contributed by atoms with Crippen LogP contribution in [-0.4, -0.2) is 44.4 Å². The Morgan fingerprint density at radius 2 is 1.00 bits per heavy atom. The summed E-state index contributed by atoms with van der Waals surface area (Å²) in [6.07, 6.45) is 0.509. The van der Waals surface area contributed by atoms with Crippen molar-refractivity contribution in [2.45, 2.75) is 27.1 Å². The lowest BCUT2D eigenvalue weighted by Gasteiger charge is -2.10. The first-order chi connectivity index (χ1) is 20.2. The Kier molecular flexibility index (Phi) is 11.9. The minimum Gasteiger partial charge on any atom is -0.461 e. The standard InChI is InChI=1S/C31H33N3O8/c1-21(35)39-19-26(20-40-22(2)36)16-23-4-12-28(13-5-23)33-30(37)42-18-25-8-14-29(15-9-25)34-31(38)41-17-24-6-10-27(32-3)11-7-24/h4-16,32H,17-20H2,1-3H3,(H,33,37)(H,34,38). The van der Waals surface area contributed by atoms with E-state index in [4.69, 9.17) is 18.9 Å². The maximum absolute atomic E-state index is 12.3. The van der Waals surface area contributed by atoms with Gasteiger partial charge in [0.15, 0.2) is 0 Å². The molecule has 0 heterocycles. The van der Waals surface area contributed by atoms with Gasteiger partial charge in [0.2, 0.25) is 0 Å². The summed E-state index contributed by atoms with van der Waals surface area (Å²) in [4.78, 5) is 46.6. The maximum atomic E-state index is 12.3. The fourth-order valence-electron chi connectivity index (χ4n) is 3.47. The molecule has 11 heteroatoms. The molecule has 0 fully saturated rings. The van der Waals surface area contributed by atoms with Gasteiger partial charge in [0.05, 0.1) is 0 Å². The van der Waals surface area contributed by atoms with Gasteiger partial charge in [-0.05, 0) is 59.2 Å². The predicted octanol–water partition coefficient (Wildman–Crippen LogP) is 5.74. The zero-order valence-corrected chi connectivity index (χ0v) is 23.6. The molecule has 0 atom stereocenters. The number of anilines is 3. The van der Waals surface area contributed by atoms with Crippen LogP contribution < -0.4 is 16.0 Å². The lowest BCUT2D eigenvalue weighted by Crippen LogP contribution is -2.14. The van der Waals surface area contributed by atoms with Crippen LogP contribution in [0.5, 0.6) is 0 Å². The number of amides is 2. The van der Waals surface area contributed by atoms with Crippen LogP contribution in [0.2, 0.25) is 0 Å². The van der Waals surface area contributed by atoms with Crippen molar-refractivity contribution in [3.05, 3.63) is 95.1 Å². The molecule has 0 saturated carbocycles. The number of carbonyl (C=O) groups excluding carboxylic acids is 4. The number of rotatable bonds is 12. The first kappa shape index (κ1) is 31.2.